The van der Waals surface area contributed by atoms with Crippen LogP contribution in [0.2, 0.25) is 0 Å². The number of hydrogen-bond donors (Lipinski definition) is 2. The van der Waals surface area contributed by atoms with E-state index in [0.717, 1.165) is 19.0 Å². The summed E-state index contributed by atoms with van der Waals surface area (Å²) < 4.78 is 0. The first kappa shape index (κ1) is 11.9. The third-order valence-electron chi connectivity index (χ3n) is 4.23. The minimum Gasteiger partial charge on any atom is -0.387 e. The lowest BCUT2D eigenvalue weighted by Crippen LogP contribution is -2.45. The number of rotatable bonds is 2. The molecule has 1 saturated carbocycles. The van der Waals surface area contributed by atoms with Gasteiger partial charge in [0.15, 0.2) is 0 Å². The van der Waals surface area contributed by atoms with Gasteiger partial charge in [0.2, 0.25) is 0 Å². The largest absolute Gasteiger partial charge is 0.387 e. The zero-order valence-electron chi connectivity index (χ0n) is 10.3. The summed E-state index contributed by atoms with van der Waals surface area (Å²) in [7, 11) is 0. The molecule has 1 saturated heterocycles. The first-order valence-electron chi connectivity index (χ1n) is 6.85. The molecule has 1 atom stereocenters. The zero-order chi connectivity index (χ0) is 11.4. The Hall–Kier alpha value is -0.570. The maximum Gasteiger partial charge on any atom is 0.0949 e. The first-order valence-corrected chi connectivity index (χ1v) is 6.85. The highest BCUT2D eigenvalue weighted by molar-refractivity contribution is 5.79. The van der Waals surface area contributed by atoms with Crippen molar-refractivity contribution in [3.63, 3.8) is 0 Å². The lowest BCUT2D eigenvalue weighted by atomic mass is 9.94. The van der Waals surface area contributed by atoms with Gasteiger partial charge in [-0.2, -0.15) is 0 Å². The van der Waals surface area contributed by atoms with Crippen molar-refractivity contribution in [3.8, 4) is 0 Å². The standard InChI is InChI=1S/C13H25N3/c14-13(15)11-6-5-9-16(10-11)12-7-3-1-2-4-8-12/h11-12H,1-10H2,(H3,14,15). The van der Waals surface area contributed by atoms with Crippen LogP contribution in [0.5, 0.6) is 0 Å². The zero-order valence-corrected chi connectivity index (χ0v) is 10.3. The number of amidine groups is 1. The maximum absolute atomic E-state index is 7.59. The van der Waals surface area contributed by atoms with Gasteiger partial charge in [-0.1, -0.05) is 25.7 Å². The summed E-state index contributed by atoms with van der Waals surface area (Å²) in [6.45, 7) is 2.27. The topological polar surface area (TPSA) is 53.1 Å². The van der Waals surface area contributed by atoms with Crippen molar-refractivity contribution in [2.24, 2.45) is 11.7 Å². The molecular formula is C13H25N3. The molecule has 0 aromatic carbocycles. The van der Waals surface area contributed by atoms with Crippen molar-refractivity contribution in [2.45, 2.75) is 57.4 Å². The Kier molecular flexibility index (Phi) is 4.22. The maximum atomic E-state index is 7.59. The van der Waals surface area contributed by atoms with Crippen LogP contribution in [0.3, 0.4) is 0 Å². The summed E-state index contributed by atoms with van der Waals surface area (Å²) in [4.78, 5) is 2.61. The van der Waals surface area contributed by atoms with E-state index >= 15 is 0 Å². The summed E-state index contributed by atoms with van der Waals surface area (Å²) in [5.41, 5.74) is 5.65. The van der Waals surface area contributed by atoms with E-state index in [2.05, 4.69) is 4.90 Å². The Balaban J connectivity index is 1.89. The van der Waals surface area contributed by atoms with Crippen molar-refractivity contribution in [3.05, 3.63) is 0 Å². The van der Waals surface area contributed by atoms with Crippen LogP contribution >= 0.6 is 0 Å². The van der Waals surface area contributed by atoms with Gasteiger partial charge < -0.3 is 5.73 Å². The van der Waals surface area contributed by atoms with Gasteiger partial charge in [0.1, 0.15) is 0 Å². The Labute approximate surface area is 98.9 Å². The molecule has 3 N–H and O–H groups in total. The summed E-state index contributed by atoms with van der Waals surface area (Å²) in [5, 5.41) is 7.59. The van der Waals surface area contributed by atoms with Crippen LogP contribution in [0.4, 0.5) is 0 Å². The lowest BCUT2D eigenvalue weighted by Gasteiger charge is -2.37. The lowest BCUT2D eigenvalue weighted by molar-refractivity contribution is 0.132. The van der Waals surface area contributed by atoms with Gasteiger partial charge in [0.25, 0.3) is 0 Å². The van der Waals surface area contributed by atoms with E-state index in [9.17, 15) is 0 Å². The molecule has 0 spiro atoms. The van der Waals surface area contributed by atoms with Gasteiger partial charge in [0.05, 0.1) is 5.84 Å². The van der Waals surface area contributed by atoms with Crippen LogP contribution in [0, 0.1) is 11.3 Å². The van der Waals surface area contributed by atoms with Crippen molar-refractivity contribution >= 4 is 5.84 Å². The van der Waals surface area contributed by atoms with Crippen LogP contribution in [0.1, 0.15) is 51.4 Å². The van der Waals surface area contributed by atoms with Crippen molar-refractivity contribution in [2.75, 3.05) is 13.1 Å². The van der Waals surface area contributed by atoms with Crippen LogP contribution in [0.25, 0.3) is 0 Å². The smallest absolute Gasteiger partial charge is 0.0949 e. The molecular weight excluding hydrogens is 198 g/mol. The van der Waals surface area contributed by atoms with Gasteiger partial charge in [-0.05, 0) is 32.2 Å². The highest BCUT2D eigenvalue weighted by Crippen LogP contribution is 2.26. The Morgan fingerprint density at radius 1 is 1.00 bits per heavy atom. The van der Waals surface area contributed by atoms with Gasteiger partial charge >= 0.3 is 0 Å². The molecule has 16 heavy (non-hydrogen) atoms. The van der Waals surface area contributed by atoms with Crippen LogP contribution in [-0.2, 0) is 0 Å². The molecule has 1 heterocycles. The number of likely N-dealkylation sites (tertiary alicyclic amines) is 1. The molecule has 0 aromatic heterocycles. The Morgan fingerprint density at radius 3 is 2.31 bits per heavy atom. The second-order valence-corrected chi connectivity index (χ2v) is 5.43. The number of nitrogens with zero attached hydrogens (tertiary/aromatic N) is 1. The molecule has 2 fully saturated rings. The van der Waals surface area contributed by atoms with Crippen LogP contribution in [-0.4, -0.2) is 29.9 Å². The summed E-state index contributed by atoms with van der Waals surface area (Å²) >= 11 is 0. The highest BCUT2D eigenvalue weighted by Gasteiger charge is 2.27. The monoisotopic (exact) mass is 223 g/mol. The van der Waals surface area contributed by atoms with E-state index in [1.165, 1.54) is 51.5 Å². The van der Waals surface area contributed by atoms with Crippen LogP contribution < -0.4 is 5.73 Å². The minimum absolute atomic E-state index is 0.331. The SMILES string of the molecule is N=C(N)C1CCCN(C2CCCCCC2)C1. The van der Waals surface area contributed by atoms with Crippen molar-refractivity contribution in [1.29, 1.82) is 5.41 Å². The van der Waals surface area contributed by atoms with E-state index in [4.69, 9.17) is 11.1 Å². The molecule has 1 aliphatic carbocycles. The molecule has 3 heteroatoms. The number of piperidine rings is 1. The molecule has 0 radical (unpaired) electrons. The van der Waals surface area contributed by atoms with Gasteiger partial charge in [-0.25, -0.2) is 0 Å². The summed E-state index contributed by atoms with van der Waals surface area (Å²) in [6, 6.07) is 0.782. The predicted molar refractivity (Wildman–Crippen MR) is 67.7 cm³/mol. The molecule has 92 valence electrons. The van der Waals surface area contributed by atoms with Crippen molar-refractivity contribution < 1.29 is 0 Å². The minimum atomic E-state index is 0.331. The molecule has 0 bridgehead atoms. The average molecular weight is 223 g/mol. The van der Waals surface area contributed by atoms with Crippen LogP contribution in [0.15, 0.2) is 0 Å². The molecule has 2 aliphatic rings. The predicted octanol–water partition coefficient (Wildman–Crippen LogP) is 2.36. The Morgan fingerprint density at radius 2 is 1.69 bits per heavy atom. The van der Waals surface area contributed by atoms with Gasteiger partial charge in [0, 0.05) is 18.5 Å². The molecule has 3 nitrogen and oxygen atoms in total. The average Bonchev–Trinajstić information content (AvgIpc) is 2.57. The van der Waals surface area contributed by atoms with E-state index < -0.39 is 0 Å². The van der Waals surface area contributed by atoms with E-state index in [-0.39, 0.29) is 0 Å². The molecule has 0 amide bonds. The second kappa shape index (κ2) is 5.67. The number of nitrogens with two attached hydrogens (primary N) is 1. The summed E-state index contributed by atoms with van der Waals surface area (Å²) in [6.07, 6.45) is 10.7. The van der Waals surface area contributed by atoms with E-state index in [1.54, 1.807) is 0 Å². The van der Waals surface area contributed by atoms with Gasteiger partial charge in [-0.15, -0.1) is 0 Å². The first-order chi connectivity index (χ1) is 7.77. The number of nitrogens with one attached hydrogen (secondary N) is 1. The molecule has 1 aliphatic heterocycles. The Bertz CT molecular complexity index is 231. The van der Waals surface area contributed by atoms with Gasteiger partial charge in [-0.3, -0.25) is 10.3 Å². The third-order valence-corrected chi connectivity index (χ3v) is 4.23. The van der Waals surface area contributed by atoms with E-state index in [0.29, 0.717) is 11.8 Å². The number of hydrogen-bond acceptors (Lipinski definition) is 2. The second-order valence-electron chi connectivity index (χ2n) is 5.43. The fourth-order valence-corrected chi connectivity index (χ4v) is 3.21. The van der Waals surface area contributed by atoms with Crippen molar-refractivity contribution in [1.82, 2.24) is 4.90 Å². The quantitative estimate of drug-likeness (QED) is 0.429. The fourth-order valence-electron chi connectivity index (χ4n) is 3.21. The summed E-state index contributed by atoms with van der Waals surface area (Å²) in [5.74, 6) is 0.732. The molecule has 0 aromatic rings. The third kappa shape index (κ3) is 2.97. The normalized spacial score (nSPS) is 29.9. The molecule has 1 unspecified atom stereocenters. The highest BCUT2D eigenvalue weighted by atomic mass is 15.2. The van der Waals surface area contributed by atoms with E-state index in [1.807, 2.05) is 0 Å². The molecule has 2 rings (SSSR count). The fraction of sp³-hybridized carbons (Fsp3) is 0.923.